The van der Waals surface area contributed by atoms with E-state index >= 15 is 0 Å². The third-order valence-corrected chi connectivity index (χ3v) is 1.27. The van der Waals surface area contributed by atoms with Crippen molar-refractivity contribution < 1.29 is 9.84 Å². The summed E-state index contributed by atoms with van der Waals surface area (Å²) in [5.74, 6) is 0. The van der Waals surface area contributed by atoms with Crippen LogP contribution in [0.5, 0.6) is 0 Å². The molecule has 0 radical (unpaired) electrons. The molecule has 1 rings (SSSR count). The fourth-order valence-corrected chi connectivity index (χ4v) is 0.813. The summed E-state index contributed by atoms with van der Waals surface area (Å²) in [6.45, 7) is 0.636. The Labute approximate surface area is 59.9 Å². The van der Waals surface area contributed by atoms with E-state index in [9.17, 15) is 0 Å². The molecule has 0 aromatic carbocycles. The highest BCUT2D eigenvalue weighted by Gasteiger charge is 1.92. The lowest BCUT2D eigenvalue weighted by Gasteiger charge is -1.97. The highest BCUT2D eigenvalue weighted by molar-refractivity contribution is 5.08. The van der Waals surface area contributed by atoms with Crippen molar-refractivity contribution in [2.24, 2.45) is 0 Å². The van der Waals surface area contributed by atoms with Gasteiger partial charge < -0.3 is 14.4 Å². The molecule has 3 nitrogen and oxygen atoms in total. The number of methoxy groups -OCH3 is 1. The predicted octanol–water partition coefficient (Wildman–Crippen LogP) is 0.584. The number of ether oxygens (including phenoxy) is 1. The summed E-state index contributed by atoms with van der Waals surface area (Å²) in [6, 6.07) is 1.86. The lowest BCUT2D eigenvalue weighted by atomic mass is 10.4. The molecule has 0 atom stereocenters. The topological polar surface area (TPSA) is 34.4 Å². The van der Waals surface area contributed by atoms with Crippen molar-refractivity contribution in [3.63, 3.8) is 0 Å². The molecule has 0 unspecified atom stereocenters. The van der Waals surface area contributed by atoms with E-state index in [1.807, 2.05) is 23.0 Å². The maximum absolute atomic E-state index is 8.67. The lowest BCUT2D eigenvalue weighted by Crippen LogP contribution is -1.95. The second-order valence-corrected chi connectivity index (χ2v) is 2.11. The van der Waals surface area contributed by atoms with Gasteiger partial charge in [0.2, 0.25) is 0 Å². The van der Waals surface area contributed by atoms with Crippen LogP contribution in [0.4, 0.5) is 0 Å². The first-order chi connectivity index (χ1) is 4.86. The molecule has 0 aliphatic heterocycles. The predicted molar refractivity (Wildman–Crippen MR) is 37.4 cm³/mol. The fourth-order valence-electron chi connectivity index (χ4n) is 0.813. The van der Waals surface area contributed by atoms with Crippen LogP contribution in [0.3, 0.4) is 0 Å². The molecule has 10 heavy (non-hydrogen) atoms. The van der Waals surface area contributed by atoms with Crippen molar-refractivity contribution >= 4 is 0 Å². The van der Waals surface area contributed by atoms with Crippen LogP contribution >= 0.6 is 0 Å². The average Bonchev–Trinajstić information content (AvgIpc) is 2.37. The van der Waals surface area contributed by atoms with Crippen LogP contribution in [-0.4, -0.2) is 16.8 Å². The molecule has 0 fully saturated rings. The van der Waals surface area contributed by atoms with E-state index in [2.05, 4.69) is 0 Å². The summed E-state index contributed by atoms with van der Waals surface area (Å²) in [7, 11) is 1.64. The number of aromatic nitrogens is 1. The summed E-state index contributed by atoms with van der Waals surface area (Å²) in [5, 5.41) is 8.67. The second kappa shape index (κ2) is 3.39. The molecule has 0 bridgehead atoms. The van der Waals surface area contributed by atoms with E-state index in [-0.39, 0.29) is 6.61 Å². The van der Waals surface area contributed by atoms with E-state index in [0.717, 1.165) is 5.56 Å². The van der Waals surface area contributed by atoms with Gasteiger partial charge in [-0.3, -0.25) is 0 Å². The van der Waals surface area contributed by atoms with Gasteiger partial charge in [0.05, 0.1) is 6.61 Å². The van der Waals surface area contributed by atoms with Gasteiger partial charge in [-0.05, 0) is 11.6 Å². The molecule has 56 valence electrons. The highest BCUT2D eigenvalue weighted by atomic mass is 16.5. The van der Waals surface area contributed by atoms with Crippen LogP contribution < -0.4 is 0 Å². The maximum atomic E-state index is 8.67. The monoisotopic (exact) mass is 141 g/mol. The van der Waals surface area contributed by atoms with Crippen LogP contribution in [0.25, 0.3) is 0 Å². The molecule has 0 aliphatic carbocycles. The molecular weight excluding hydrogens is 130 g/mol. The Bertz CT molecular complexity index is 195. The molecule has 1 heterocycles. The zero-order valence-electron chi connectivity index (χ0n) is 5.95. The highest BCUT2D eigenvalue weighted by Crippen LogP contribution is 1.99. The first-order valence-electron chi connectivity index (χ1n) is 3.11. The van der Waals surface area contributed by atoms with Gasteiger partial charge in [-0.2, -0.15) is 0 Å². The first kappa shape index (κ1) is 7.31. The van der Waals surface area contributed by atoms with E-state index < -0.39 is 0 Å². The standard InChI is InChI=1S/C7H11NO2/c1-10-6-8-3-2-7(4-8)5-9/h2-4,9H,5-6H2,1H3. The van der Waals surface area contributed by atoms with Crippen LogP contribution in [-0.2, 0) is 18.1 Å². The fraction of sp³-hybridized carbons (Fsp3) is 0.429. The largest absolute Gasteiger partial charge is 0.392 e. The van der Waals surface area contributed by atoms with Crippen LogP contribution in [0, 0.1) is 0 Å². The van der Waals surface area contributed by atoms with Crippen LogP contribution in [0.1, 0.15) is 5.56 Å². The van der Waals surface area contributed by atoms with Gasteiger partial charge in [-0.1, -0.05) is 0 Å². The summed E-state index contributed by atoms with van der Waals surface area (Å²) in [6.07, 6.45) is 3.72. The zero-order chi connectivity index (χ0) is 7.40. The number of hydrogen-bond acceptors (Lipinski definition) is 2. The third-order valence-electron chi connectivity index (χ3n) is 1.27. The average molecular weight is 141 g/mol. The Kier molecular flexibility index (Phi) is 2.48. The van der Waals surface area contributed by atoms with E-state index in [1.165, 1.54) is 0 Å². The molecule has 0 amide bonds. The van der Waals surface area contributed by atoms with Gasteiger partial charge in [-0.15, -0.1) is 0 Å². The minimum absolute atomic E-state index is 0.0940. The van der Waals surface area contributed by atoms with Crippen molar-refractivity contribution in [3.8, 4) is 0 Å². The molecule has 3 heteroatoms. The van der Waals surface area contributed by atoms with Gasteiger partial charge in [0.1, 0.15) is 6.73 Å². The number of hydrogen-bond donors (Lipinski definition) is 1. The summed E-state index contributed by atoms with van der Waals surface area (Å²) < 4.78 is 6.73. The summed E-state index contributed by atoms with van der Waals surface area (Å²) in [5.41, 5.74) is 0.914. The summed E-state index contributed by atoms with van der Waals surface area (Å²) >= 11 is 0. The lowest BCUT2D eigenvalue weighted by molar-refractivity contribution is 0.131. The normalized spacial score (nSPS) is 10.2. The number of aliphatic hydroxyl groups is 1. The van der Waals surface area contributed by atoms with E-state index in [1.54, 1.807) is 7.11 Å². The maximum Gasteiger partial charge on any atom is 0.121 e. The van der Waals surface area contributed by atoms with Gasteiger partial charge in [0.15, 0.2) is 0 Å². The minimum atomic E-state index is 0.0940. The van der Waals surface area contributed by atoms with Gasteiger partial charge in [-0.25, -0.2) is 0 Å². The SMILES string of the molecule is COCn1ccc(CO)c1. The first-order valence-corrected chi connectivity index (χ1v) is 3.11. The zero-order valence-corrected chi connectivity index (χ0v) is 5.95. The molecule has 1 aromatic heterocycles. The van der Waals surface area contributed by atoms with Crippen molar-refractivity contribution in [2.75, 3.05) is 7.11 Å². The molecule has 1 aromatic rings. The van der Waals surface area contributed by atoms with Gasteiger partial charge >= 0.3 is 0 Å². The second-order valence-electron chi connectivity index (χ2n) is 2.11. The van der Waals surface area contributed by atoms with Crippen LogP contribution in [0.2, 0.25) is 0 Å². The molecule has 1 N–H and O–H groups in total. The minimum Gasteiger partial charge on any atom is -0.392 e. The smallest absolute Gasteiger partial charge is 0.121 e. The number of rotatable bonds is 3. The Morgan fingerprint density at radius 1 is 1.70 bits per heavy atom. The van der Waals surface area contributed by atoms with E-state index in [0.29, 0.717) is 6.73 Å². The van der Waals surface area contributed by atoms with Crippen LogP contribution in [0.15, 0.2) is 18.5 Å². The molecule has 0 aliphatic rings. The Morgan fingerprint density at radius 2 is 2.50 bits per heavy atom. The number of nitrogens with zero attached hydrogens (tertiary/aromatic N) is 1. The Morgan fingerprint density at radius 3 is 3.00 bits per heavy atom. The third kappa shape index (κ3) is 1.59. The Balaban J connectivity index is 2.59. The Hall–Kier alpha value is -0.800. The van der Waals surface area contributed by atoms with Gasteiger partial charge in [0.25, 0.3) is 0 Å². The molecular formula is C7H11NO2. The van der Waals surface area contributed by atoms with Crippen molar-refractivity contribution in [1.82, 2.24) is 4.57 Å². The molecule has 0 saturated heterocycles. The molecule has 0 spiro atoms. The van der Waals surface area contributed by atoms with Gasteiger partial charge in [0, 0.05) is 19.5 Å². The van der Waals surface area contributed by atoms with Crippen molar-refractivity contribution in [1.29, 1.82) is 0 Å². The quantitative estimate of drug-likeness (QED) is 0.668. The number of aliphatic hydroxyl groups excluding tert-OH is 1. The summed E-state index contributed by atoms with van der Waals surface area (Å²) in [4.78, 5) is 0. The van der Waals surface area contributed by atoms with Crippen molar-refractivity contribution in [2.45, 2.75) is 13.3 Å². The van der Waals surface area contributed by atoms with E-state index in [4.69, 9.17) is 9.84 Å². The molecule has 0 saturated carbocycles. The van der Waals surface area contributed by atoms with Crippen molar-refractivity contribution in [3.05, 3.63) is 24.0 Å².